The van der Waals surface area contributed by atoms with Crippen molar-refractivity contribution in [3.05, 3.63) is 34.8 Å². The number of benzene rings is 1. The first-order valence-corrected chi connectivity index (χ1v) is 10.0. The topological polar surface area (TPSA) is 65.9 Å². The molecule has 1 aromatic carbocycles. The van der Waals surface area contributed by atoms with Crippen LogP contribution in [0.2, 0.25) is 0 Å². The van der Waals surface area contributed by atoms with E-state index in [1.807, 2.05) is 18.2 Å². The minimum atomic E-state index is -0.900. The molecular formula is C20H25N3O3S. The highest BCUT2D eigenvalue weighted by Gasteiger charge is 2.43. The van der Waals surface area contributed by atoms with E-state index >= 15 is 0 Å². The van der Waals surface area contributed by atoms with Crippen molar-refractivity contribution < 1.29 is 14.6 Å². The highest BCUT2D eigenvalue weighted by molar-refractivity contribution is 7.18. The Bertz CT molecular complexity index is 901. The lowest BCUT2D eigenvalue weighted by molar-refractivity contribution is -0.0698. The van der Waals surface area contributed by atoms with E-state index in [4.69, 9.17) is 9.72 Å². The Morgan fingerprint density at radius 3 is 2.85 bits per heavy atom. The molecule has 1 amide bonds. The van der Waals surface area contributed by atoms with Gasteiger partial charge in [-0.25, -0.2) is 9.78 Å². The molecule has 2 aliphatic rings. The SMILES string of the molecule is C[C@H]1CC=C(c2ccc3sc(C4(CN(C)C)COC4)nc3c2)N(C(=O)O)C1. The minimum absolute atomic E-state index is 0.0278. The maximum Gasteiger partial charge on any atom is 0.411 e. The monoisotopic (exact) mass is 387 g/mol. The Kier molecular flexibility index (Phi) is 4.70. The maximum absolute atomic E-state index is 11.7. The number of carbonyl (C=O) groups is 1. The van der Waals surface area contributed by atoms with Gasteiger partial charge in [0, 0.05) is 18.7 Å². The second-order valence-electron chi connectivity index (χ2n) is 8.04. The average molecular weight is 388 g/mol. The lowest BCUT2D eigenvalue weighted by Crippen LogP contribution is -2.53. The molecule has 2 aliphatic heterocycles. The number of hydrogen-bond donors (Lipinski definition) is 1. The van der Waals surface area contributed by atoms with E-state index in [-0.39, 0.29) is 5.41 Å². The summed E-state index contributed by atoms with van der Waals surface area (Å²) in [6.07, 6.45) is 2.02. The van der Waals surface area contributed by atoms with E-state index in [2.05, 4.69) is 32.0 Å². The molecule has 0 spiro atoms. The molecule has 7 heteroatoms. The van der Waals surface area contributed by atoms with E-state index in [9.17, 15) is 9.90 Å². The molecule has 0 bridgehead atoms. The van der Waals surface area contributed by atoms with Crippen LogP contribution in [0.4, 0.5) is 4.79 Å². The molecule has 1 N–H and O–H groups in total. The zero-order chi connectivity index (χ0) is 19.2. The predicted molar refractivity (Wildman–Crippen MR) is 107 cm³/mol. The third-order valence-electron chi connectivity index (χ3n) is 5.24. The van der Waals surface area contributed by atoms with Gasteiger partial charge < -0.3 is 14.7 Å². The summed E-state index contributed by atoms with van der Waals surface area (Å²) in [5.74, 6) is 0.337. The number of thiazole rings is 1. The zero-order valence-corrected chi connectivity index (χ0v) is 16.8. The number of likely N-dealkylation sites (N-methyl/N-ethyl adjacent to an activating group) is 1. The number of aromatic nitrogens is 1. The molecule has 1 aromatic heterocycles. The molecule has 1 saturated heterocycles. The van der Waals surface area contributed by atoms with Gasteiger partial charge >= 0.3 is 6.09 Å². The van der Waals surface area contributed by atoms with Crippen molar-refractivity contribution >= 4 is 33.3 Å². The molecule has 3 heterocycles. The molecule has 0 saturated carbocycles. The van der Waals surface area contributed by atoms with Gasteiger partial charge in [-0.15, -0.1) is 11.3 Å². The minimum Gasteiger partial charge on any atom is -0.465 e. The smallest absolute Gasteiger partial charge is 0.411 e. The molecular weight excluding hydrogens is 362 g/mol. The summed E-state index contributed by atoms with van der Waals surface area (Å²) < 4.78 is 6.65. The van der Waals surface area contributed by atoms with Gasteiger partial charge in [-0.3, -0.25) is 4.90 Å². The summed E-state index contributed by atoms with van der Waals surface area (Å²) in [5.41, 5.74) is 2.59. The standard InChI is InChI=1S/C20H25N3O3S/c1-13-4-6-16(23(9-13)19(24)25)14-5-7-17-15(8-14)21-18(27-17)20(10-22(2)3)11-26-12-20/h5-8,13H,4,9-12H2,1-3H3,(H,24,25)/t13-/m0/s1. The van der Waals surface area contributed by atoms with Crippen LogP contribution < -0.4 is 0 Å². The fraction of sp³-hybridized carbons (Fsp3) is 0.500. The van der Waals surface area contributed by atoms with Gasteiger partial charge in [-0.05, 0) is 38.6 Å². The number of carboxylic acid groups (broad SMARTS) is 1. The molecule has 6 nitrogen and oxygen atoms in total. The molecule has 2 aromatic rings. The lowest BCUT2D eigenvalue weighted by atomic mass is 9.86. The fourth-order valence-corrected chi connectivity index (χ4v) is 5.01. The number of nitrogens with zero attached hydrogens (tertiary/aromatic N) is 3. The average Bonchev–Trinajstić information content (AvgIpc) is 3.01. The van der Waals surface area contributed by atoms with Crippen molar-refractivity contribution in [3.63, 3.8) is 0 Å². The van der Waals surface area contributed by atoms with Crippen molar-refractivity contribution in [3.8, 4) is 0 Å². The molecule has 0 radical (unpaired) electrons. The Balaban J connectivity index is 1.70. The van der Waals surface area contributed by atoms with Crippen LogP contribution in [0, 0.1) is 5.92 Å². The van der Waals surface area contributed by atoms with E-state index in [1.165, 1.54) is 4.90 Å². The predicted octanol–water partition coefficient (Wildman–Crippen LogP) is 3.49. The highest BCUT2D eigenvalue weighted by Crippen LogP contribution is 2.39. The zero-order valence-electron chi connectivity index (χ0n) is 15.9. The van der Waals surface area contributed by atoms with E-state index in [0.29, 0.717) is 25.7 Å². The molecule has 144 valence electrons. The van der Waals surface area contributed by atoms with E-state index in [1.54, 1.807) is 11.3 Å². The van der Waals surface area contributed by atoms with Gasteiger partial charge in [0.25, 0.3) is 0 Å². The van der Waals surface area contributed by atoms with Crippen molar-refractivity contribution in [2.24, 2.45) is 5.92 Å². The van der Waals surface area contributed by atoms with Crippen molar-refractivity contribution in [2.45, 2.75) is 18.8 Å². The Morgan fingerprint density at radius 1 is 1.44 bits per heavy atom. The molecule has 4 rings (SSSR count). The quantitative estimate of drug-likeness (QED) is 0.870. The van der Waals surface area contributed by atoms with Gasteiger partial charge in [0.05, 0.1) is 34.5 Å². The van der Waals surface area contributed by atoms with Crippen LogP contribution in [0.25, 0.3) is 15.9 Å². The van der Waals surface area contributed by atoms with Crippen LogP contribution in [-0.4, -0.2) is 66.4 Å². The third-order valence-corrected chi connectivity index (χ3v) is 6.52. The molecule has 0 aliphatic carbocycles. The third kappa shape index (κ3) is 3.35. The number of fused-ring (bicyclic) bond motifs is 1. The van der Waals surface area contributed by atoms with Crippen LogP contribution in [0.1, 0.15) is 23.9 Å². The first kappa shape index (κ1) is 18.4. The Morgan fingerprint density at radius 2 is 2.22 bits per heavy atom. The van der Waals surface area contributed by atoms with Gasteiger partial charge in [0.15, 0.2) is 0 Å². The normalized spacial score (nSPS) is 22.0. The fourth-order valence-electron chi connectivity index (χ4n) is 3.91. The van der Waals surface area contributed by atoms with Crippen LogP contribution in [-0.2, 0) is 10.2 Å². The van der Waals surface area contributed by atoms with Gasteiger partial charge in [-0.1, -0.05) is 19.1 Å². The molecule has 1 fully saturated rings. The molecule has 27 heavy (non-hydrogen) atoms. The van der Waals surface area contributed by atoms with Crippen LogP contribution >= 0.6 is 11.3 Å². The maximum atomic E-state index is 11.7. The van der Waals surface area contributed by atoms with Crippen molar-refractivity contribution in [2.75, 3.05) is 40.4 Å². The van der Waals surface area contributed by atoms with E-state index < -0.39 is 6.09 Å². The molecule has 1 atom stereocenters. The van der Waals surface area contributed by atoms with Gasteiger partial charge in [-0.2, -0.15) is 0 Å². The lowest BCUT2D eigenvalue weighted by Gasteiger charge is -2.41. The van der Waals surface area contributed by atoms with Crippen LogP contribution in [0.3, 0.4) is 0 Å². The Hall–Kier alpha value is -1.96. The number of rotatable bonds is 4. The summed E-state index contributed by atoms with van der Waals surface area (Å²) in [6, 6.07) is 6.10. The number of amides is 1. The summed E-state index contributed by atoms with van der Waals surface area (Å²) in [4.78, 5) is 20.2. The first-order valence-electron chi connectivity index (χ1n) is 9.22. The summed E-state index contributed by atoms with van der Waals surface area (Å²) in [6.45, 7) is 4.92. The van der Waals surface area contributed by atoms with Crippen molar-refractivity contribution in [1.82, 2.24) is 14.8 Å². The molecule has 0 unspecified atom stereocenters. The summed E-state index contributed by atoms with van der Waals surface area (Å²) in [5, 5.41) is 10.7. The summed E-state index contributed by atoms with van der Waals surface area (Å²) >= 11 is 1.72. The second kappa shape index (κ2) is 6.89. The second-order valence-corrected chi connectivity index (χ2v) is 9.07. The highest BCUT2D eigenvalue weighted by atomic mass is 32.1. The van der Waals surface area contributed by atoms with Gasteiger partial charge in [0.1, 0.15) is 5.01 Å². The van der Waals surface area contributed by atoms with Crippen LogP contribution in [0.15, 0.2) is 24.3 Å². The number of allylic oxidation sites excluding steroid dienone is 1. The number of hydrogen-bond acceptors (Lipinski definition) is 5. The van der Waals surface area contributed by atoms with Crippen molar-refractivity contribution in [1.29, 1.82) is 0 Å². The Labute approximate surface area is 163 Å². The van der Waals surface area contributed by atoms with E-state index in [0.717, 1.165) is 39.5 Å². The summed E-state index contributed by atoms with van der Waals surface area (Å²) in [7, 11) is 4.14. The van der Waals surface area contributed by atoms with Gasteiger partial charge in [0.2, 0.25) is 0 Å². The number of ether oxygens (including phenoxy) is 1. The first-order chi connectivity index (χ1) is 12.9. The van der Waals surface area contributed by atoms with Crippen LogP contribution in [0.5, 0.6) is 0 Å². The largest absolute Gasteiger partial charge is 0.465 e.